The molecular formula is C24H35N3O3. The number of ether oxygens (including phenoxy) is 1. The van der Waals surface area contributed by atoms with Gasteiger partial charge in [0.15, 0.2) is 0 Å². The Balaban J connectivity index is 1.55. The number of hydrogen-bond donors (Lipinski definition) is 1. The SMILES string of the molecule is Cc1ccc2c(c1)C(=O)N(CC(=O)N[C@H]1CCCC[C@H]1C)CC1(CCN(C)CC1)O2. The van der Waals surface area contributed by atoms with Gasteiger partial charge in [-0.1, -0.05) is 31.4 Å². The first-order chi connectivity index (χ1) is 14.3. The van der Waals surface area contributed by atoms with Crippen molar-refractivity contribution in [1.82, 2.24) is 15.1 Å². The molecule has 4 rings (SSSR count). The van der Waals surface area contributed by atoms with Crippen LogP contribution in [0, 0.1) is 12.8 Å². The molecule has 1 spiro atoms. The minimum atomic E-state index is -0.429. The maximum absolute atomic E-state index is 13.4. The average Bonchev–Trinajstić information content (AvgIpc) is 2.82. The van der Waals surface area contributed by atoms with Crippen molar-refractivity contribution in [3.63, 3.8) is 0 Å². The van der Waals surface area contributed by atoms with Crippen molar-refractivity contribution in [2.45, 2.75) is 64.0 Å². The Hall–Kier alpha value is -2.08. The summed E-state index contributed by atoms with van der Waals surface area (Å²) < 4.78 is 6.52. The lowest BCUT2D eigenvalue weighted by molar-refractivity contribution is -0.123. The zero-order valence-corrected chi connectivity index (χ0v) is 18.6. The zero-order valence-electron chi connectivity index (χ0n) is 18.6. The molecule has 0 radical (unpaired) electrons. The summed E-state index contributed by atoms with van der Waals surface area (Å²) in [5.41, 5.74) is 1.16. The van der Waals surface area contributed by atoms with Gasteiger partial charge >= 0.3 is 0 Å². The van der Waals surface area contributed by atoms with Crippen LogP contribution >= 0.6 is 0 Å². The highest BCUT2D eigenvalue weighted by Gasteiger charge is 2.43. The van der Waals surface area contributed by atoms with Gasteiger partial charge in [0.05, 0.1) is 12.1 Å². The van der Waals surface area contributed by atoms with Gasteiger partial charge in [0.25, 0.3) is 5.91 Å². The van der Waals surface area contributed by atoms with E-state index in [1.54, 1.807) is 4.90 Å². The number of carbonyl (C=O) groups excluding carboxylic acids is 2. The van der Waals surface area contributed by atoms with Crippen molar-refractivity contribution < 1.29 is 14.3 Å². The second-order valence-corrected chi connectivity index (χ2v) is 9.68. The third-order valence-corrected chi connectivity index (χ3v) is 7.15. The lowest BCUT2D eigenvalue weighted by Crippen LogP contribution is -2.55. The molecule has 0 aromatic heterocycles. The van der Waals surface area contributed by atoms with E-state index in [0.29, 0.717) is 23.8 Å². The molecule has 0 unspecified atom stereocenters. The van der Waals surface area contributed by atoms with Gasteiger partial charge in [-0.05, 0) is 44.9 Å². The van der Waals surface area contributed by atoms with Crippen LogP contribution in [0.2, 0.25) is 0 Å². The van der Waals surface area contributed by atoms with Gasteiger partial charge < -0.3 is 19.9 Å². The number of rotatable bonds is 3. The molecule has 164 valence electrons. The van der Waals surface area contributed by atoms with Crippen LogP contribution in [0.1, 0.15) is 61.4 Å². The zero-order chi connectivity index (χ0) is 21.3. The van der Waals surface area contributed by atoms with E-state index in [4.69, 9.17) is 4.74 Å². The number of hydrogen-bond acceptors (Lipinski definition) is 4. The van der Waals surface area contributed by atoms with Crippen molar-refractivity contribution in [2.75, 3.05) is 33.2 Å². The lowest BCUT2D eigenvalue weighted by atomic mass is 9.86. The number of likely N-dealkylation sites (tertiary alicyclic amines) is 1. The van der Waals surface area contributed by atoms with E-state index in [1.165, 1.54) is 6.42 Å². The molecule has 1 saturated heterocycles. The van der Waals surface area contributed by atoms with Crippen LogP contribution in [0.25, 0.3) is 0 Å². The minimum Gasteiger partial charge on any atom is -0.484 e. The molecule has 3 aliphatic rings. The molecule has 6 heteroatoms. The van der Waals surface area contributed by atoms with E-state index in [0.717, 1.165) is 50.8 Å². The average molecular weight is 414 g/mol. The van der Waals surface area contributed by atoms with Crippen molar-refractivity contribution in [3.05, 3.63) is 29.3 Å². The molecule has 2 fully saturated rings. The van der Waals surface area contributed by atoms with E-state index in [9.17, 15) is 9.59 Å². The number of carbonyl (C=O) groups is 2. The van der Waals surface area contributed by atoms with Crippen LogP contribution in [0.5, 0.6) is 5.75 Å². The van der Waals surface area contributed by atoms with Crippen LogP contribution in [-0.2, 0) is 4.79 Å². The molecule has 2 heterocycles. The van der Waals surface area contributed by atoms with Crippen molar-refractivity contribution in [2.24, 2.45) is 5.92 Å². The molecule has 2 atom stereocenters. The van der Waals surface area contributed by atoms with Gasteiger partial charge in [0.1, 0.15) is 17.9 Å². The molecule has 1 aromatic carbocycles. The number of amides is 2. The first kappa shape index (κ1) is 21.2. The summed E-state index contributed by atoms with van der Waals surface area (Å²) in [5.74, 6) is 0.992. The Morgan fingerprint density at radius 2 is 1.97 bits per heavy atom. The highest BCUT2D eigenvalue weighted by Crippen LogP contribution is 2.35. The second kappa shape index (κ2) is 8.58. The fourth-order valence-electron chi connectivity index (χ4n) is 5.13. The molecule has 6 nitrogen and oxygen atoms in total. The largest absolute Gasteiger partial charge is 0.484 e. The number of nitrogens with one attached hydrogen (secondary N) is 1. The standard InChI is InChI=1S/C24H35N3O3/c1-17-8-9-21-19(14-17)23(29)27(16-24(30-21)10-12-26(3)13-11-24)15-22(28)25-20-7-5-4-6-18(20)2/h8-9,14,18,20H,4-7,10-13,15-16H2,1-3H3,(H,25,28)/t18-,20+/m1/s1. The van der Waals surface area contributed by atoms with Crippen LogP contribution in [-0.4, -0.2) is 66.5 Å². The quantitative estimate of drug-likeness (QED) is 0.828. The molecule has 1 saturated carbocycles. The van der Waals surface area contributed by atoms with E-state index in [-0.39, 0.29) is 24.4 Å². The summed E-state index contributed by atoms with van der Waals surface area (Å²) in [6.45, 7) is 6.59. The fourth-order valence-corrected chi connectivity index (χ4v) is 5.13. The minimum absolute atomic E-state index is 0.0544. The van der Waals surface area contributed by atoms with Gasteiger partial charge in [-0.15, -0.1) is 0 Å². The monoisotopic (exact) mass is 413 g/mol. The van der Waals surface area contributed by atoms with E-state index < -0.39 is 5.60 Å². The van der Waals surface area contributed by atoms with Gasteiger partial charge in [-0.2, -0.15) is 0 Å². The van der Waals surface area contributed by atoms with Crippen molar-refractivity contribution in [3.8, 4) is 5.75 Å². The molecule has 1 aliphatic carbocycles. The third-order valence-electron chi connectivity index (χ3n) is 7.15. The lowest BCUT2D eigenvalue weighted by Gasteiger charge is -2.41. The van der Waals surface area contributed by atoms with E-state index in [2.05, 4.69) is 24.2 Å². The molecule has 1 N–H and O–H groups in total. The normalized spacial score (nSPS) is 26.6. The van der Waals surface area contributed by atoms with Crippen LogP contribution in [0.3, 0.4) is 0 Å². The summed E-state index contributed by atoms with van der Waals surface area (Å²) in [4.78, 5) is 30.4. The highest BCUT2D eigenvalue weighted by molar-refractivity contribution is 5.99. The Morgan fingerprint density at radius 1 is 1.23 bits per heavy atom. The summed E-state index contributed by atoms with van der Waals surface area (Å²) in [6.07, 6.45) is 6.29. The van der Waals surface area contributed by atoms with Crippen molar-refractivity contribution in [1.29, 1.82) is 0 Å². The van der Waals surface area contributed by atoms with Gasteiger partial charge in [0.2, 0.25) is 5.91 Å². The Morgan fingerprint density at radius 3 is 2.70 bits per heavy atom. The summed E-state index contributed by atoms with van der Waals surface area (Å²) in [5, 5.41) is 3.21. The molecule has 0 bridgehead atoms. The summed E-state index contributed by atoms with van der Waals surface area (Å²) >= 11 is 0. The molecule has 2 aliphatic heterocycles. The molecular weight excluding hydrogens is 378 g/mol. The van der Waals surface area contributed by atoms with E-state index >= 15 is 0 Å². The predicted octanol–water partition coefficient (Wildman–Crippen LogP) is 2.99. The maximum atomic E-state index is 13.4. The van der Waals surface area contributed by atoms with E-state index in [1.807, 2.05) is 25.1 Å². The first-order valence-corrected chi connectivity index (χ1v) is 11.4. The van der Waals surface area contributed by atoms with Gasteiger partial charge in [-0.25, -0.2) is 0 Å². The Labute approximate surface area is 179 Å². The Kier molecular flexibility index (Phi) is 6.05. The predicted molar refractivity (Wildman–Crippen MR) is 117 cm³/mol. The van der Waals surface area contributed by atoms with Crippen LogP contribution in [0.4, 0.5) is 0 Å². The first-order valence-electron chi connectivity index (χ1n) is 11.4. The maximum Gasteiger partial charge on any atom is 0.258 e. The molecule has 30 heavy (non-hydrogen) atoms. The summed E-state index contributed by atoms with van der Waals surface area (Å²) in [7, 11) is 2.11. The topological polar surface area (TPSA) is 61.9 Å². The Bertz CT molecular complexity index is 801. The number of nitrogens with zero attached hydrogens (tertiary/aromatic N) is 2. The number of aryl methyl sites for hydroxylation is 1. The van der Waals surface area contributed by atoms with Gasteiger partial charge in [0, 0.05) is 32.0 Å². The number of benzene rings is 1. The molecule has 1 aromatic rings. The highest BCUT2D eigenvalue weighted by atomic mass is 16.5. The summed E-state index contributed by atoms with van der Waals surface area (Å²) in [6, 6.07) is 6.01. The van der Waals surface area contributed by atoms with Crippen LogP contribution < -0.4 is 10.1 Å². The number of piperidine rings is 1. The van der Waals surface area contributed by atoms with Gasteiger partial charge in [-0.3, -0.25) is 9.59 Å². The fraction of sp³-hybridized carbons (Fsp3) is 0.667. The smallest absolute Gasteiger partial charge is 0.258 e. The third kappa shape index (κ3) is 4.48. The van der Waals surface area contributed by atoms with Crippen LogP contribution in [0.15, 0.2) is 18.2 Å². The molecule has 2 amide bonds. The van der Waals surface area contributed by atoms with Crippen molar-refractivity contribution >= 4 is 11.8 Å². The second-order valence-electron chi connectivity index (χ2n) is 9.68. The number of fused-ring (bicyclic) bond motifs is 1.